The number of aliphatic carboxylic acids is 1. The van der Waals surface area contributed by atoms with Crippen molar-refractivity contribution in [3.05, 3.63) is 48.6 Å². The van der Waals surface area contributed by atoms with Gasteiger partial charge in [0.1, 0.15) is 18.8 Å². The zero-order valence-corrected chi connectivity index (χ0v) is 45.0. The fourth-order valence-corrected chi connectivity index (χ4v) is 8.49. The van der Waals surface area contributed by atoms with Gasteiger partial charge in [0.2, 0.25) is 0 Å². The predicted molar refractivity (Wildman–Crippen MR) is 285 cm³/mol. The molecule has 12 nitrogen and oxygen atoms in total. The number of allylic oxidation sites excluding steroid dienone is 8. The average molecular weight is 1000 g/mol. The first-order valence-corrected chi connectivity index (χ1v) is 28.6. The van der Waals surface area contributed by atoms with Crippen molar-refractivity contribution in [3.63, 3.8) is 0 Å². The molecular weight excluding hydrogens is 901 g/mol. The van der Waals surface area contributed by atoms with Gasteiger partial charge in [0.25, 0.3) is 0 Å². The van der Waals surface area contributed by atoms with Crippen LogP contribution in [0, 0.1) is 0 Å². The highest BCUT2D eigenvalue weighted by Crippen LogP contribution is 2.26. The third-order valence-electron chi connectivity index (χ3n) is 12.9. The summed E-state index contributed by atoms with van der Waals surface area (Å²) in [5.41, 5.74) is 0. The summed E-state index contributed by atoms with van der Waals surface area (Å²) in [7, 11) is 0. The molecule has 6 unspecified atom stereocenters. The van der Waals surface area contributed by atoms with Crippen molar-refractivity contribution in [2.45, 2.75) is 289 Å². The SMILES string of the molecule is CC/C=C\C/C=C\C/C=C\CCCCCCCC(=O)OCC(COC1OC(C(=O)O)C(O)C(O)C1OC(=O)CCCCCCCCC/C=C\CCCCCCCC)OC(=O)CCCCCCCCCCC. The first kappa shape index (κ1) is 65.7. The van der Waals surface area contributed by atoms with Crippen molar-refractivity contribution in [2.24, 2.45) is 0 Å². The lowest BCUT2D eigenvalue weighted by Gasteiger charge is -2.40. The van der Waals surface area contributed by atoms with E-state index in [1.54, 1.807) is 0 Å². The van der Waals surface area contributed by atoms with Crippen LogP contribution < -0.4 is 0 Å². The van der Waals surface area contributed by atoms with Crippen LogP contribution in [0.1, 0.15) is 252 Å². The summed E-state index contributed by atoms with van der Waals surface area (Å²) >= 11 is 0. The first-order valence-electron chi connectivity index (χ1n) is 28.6. The van der Waals surface area contributed by atoms with Crippen molar-refractivity contribution >= 4 is 23.9 Å². The Morgan fingerprint density at radius 3 is 1.37 bits per heavy atom. The number of aliphatic hydroxyl groups excluding tert-OH is 2. The number of unbranched alkanes of at least 4 members (excludes halogenated alkanes) is 26. The number of carbonyl (C=O) groups excluding carboxylic acids is 3. The van der Waals surface area contributed by atoms with Gasteiger partial charge < -0.3 is 39.0 Å². The minimum Gasteiger partial charge on any atom is -0.479 e. The molecule has 1 heterocycles. The zero-order valence-electron chi connectivity index (χ0n) is 45.0. The molecule has 6 atom stereocenters. The van der Waals surface area contributed by atoms with E-state index in [4.69, 9.17) is 23.7 Å². The molecule has 0 saturated carbocycles. The number of hydrogen-bond acceptors (Lipinski definition) is 11. The van der Waals surface area contributed by atoms with Crippen molar-refractivity contribution in [3.8, 4) is 0 Å². The van der Waals surface area contributed by atoms with Crippen molar-refractivity contribution in [1.82, 2.24) is 0 Å². The third-order valence-corrected chi connectivity index (χ3v) is 12.9. The smallest absolute Gasteiger partial charge is 0.335 e. The summed E-state index contributed by atoms with van der Waals surface area (Å²) in [5.74, 6) is -3.14. The van der Waals surface area contributed by atoms with E-state index in [0.29, 0.717) is 19.3 Å². The zero-order chi connectivity index (χ0) is 51.8. The largest absolute Gasteiger partial charge is 0.479 e. The van der Waals surface area contributed by atoms with E-state index in [2.05, 4.69) is 69.4 Å². The fraction of sp³-hybridized carbons (Fsp3) is 0.797. The minimum absolute atomic E-state index is 0.0556. The van der Waals surface area contributed by atoms with E-state index in [1.165, 1.54) is 89.9 Å². The Hall–Kier alpha value is -3.32. The molecule has 3 N–H and O–H groups in total. The normalized spacial score (nSPS) is 18.8. The van der Waals surface area contributed by atoms with E-state index >= 15 is 0 Å². The summed E-state index contributed by atoms with van der Waals surface area (Å²) in [6.07, 6.45) is 43.8. The van der Waals surface area contributed by atoms with E-state index in [1.807, 2.05) is 0 Å². The molecule has 71 heavy (non-hydrogen) atoms. The van der Waals surface area contributed by atoms with Crippen LogP contribution in [0.2, 0.25) is 0 Å². The monoisotopic (exact) mass is 1000 g/mol. The first-order chi connectivity index (χ1) is 34.6. The van der Waals surface area contributed by atoms with Crippen molar-refractivity contribution < 1.29 is 58.2 Å². The van der Waals surface area contributed by atoms with Gasteiger partial charge in [-0.25, -0.2) is 4.79 Å². The molecule has 1 saturated heterocycles. The summed E-state index contributed by atoms with van der Waals surface area (Å²) in [4.78, 5) is 50.9. The van der Waals surface area contributed by atoms with Crippen molar-refractivity contribution in [2.75, 3.05) is 13.2 Å². The van der Waals surface area contributed by atoms with E-state index in [0.717, 1.165) is 103 Å². The number of ether oxygens (including phenoxy) is 5. The molecule has 0 aromatic heterocycles. The Morgan fingerprint density at radius 1 is 0.479 bits per heavy atom. The number of carbonyl (C=O) groups is 4. The maximum Gasteiger partial charge on any atom is 0.335 e. The Kier molecular flexibility index (Phi) is 44.1. The van der Waals surface area contributed by atoms with Crippen LogP contribution in [-0.4, -0.2) is 89.2 Å². The lowest BCUT2D eigenvalue weighted by molar-refractivity contribution is -0.301. The van der Waals surface area contributed by atoms with Crippen LogP contribution in [0.4, 0.5) is 0 Å². The quantitative estimate of drug-likeness (QED) is 0.0228. The number of esters is 3. The number of carboxylic acids is 1. The maximum atomic E-state index is 13.0. The Morgan fingerprint density at radius 2 is 0.887 bits per heavy atom. The van der Waals surface area contributed by atoms with Crippen LogP contribution in [0.5, 0.6) is 0 Å². The van der Waals surface area contributed by atoms with Crippen molar-refractivity contribution in [1.29, 1.82) is 0 Å². The lowest BCUT2D eigenvalue weighted by Crippen LogP contribution is -2.61. The second-order valence-corrected chi connectivity index (χ2v) is 19.5. The van der Waals surface area contributed by atoms with Gasteiger partial charge >= 0.3 is 23.9 Å². The molecule has 0 aromatic carbocycles. The van der Waals surface area contributed by atoms with E-state index in [9.17, 15) is 34.5 Å². The average Bonchev–Trinajstić information content (AvgIpc) is 3.35. The number of rotatable bonds is 48. The molecule has 0 aliphatic carbocycles. The van der Waals surface area contributed by atoms with Gasteiger partial charge in [-0.3, -0.25) is 14.4 Å². The second kappa shape index (κ2) is 47.7. The lowest BCUT2D eigenvalue weighted by atomic mass is 9.98. The molecule has 1 aliphatic heterocycles. The van der Waals surface area contributed by atoms with Crippen LogP contribution in [-0.2, 0) is 42.9 Å². The van der Waals surface area contributed by atoms with E-state index in [-0.39, 0.29) is 25.9 Å². The van der Waals surface area contributed by atoms with Crippen LogP contribution in [0.15, 0.2) is 48.6 Å². The highest BCUT2D eigenvalue weighted by atomic mass is 16.7. The number of carboxylic acid groups (broad SMARTS) is 1. The van der Waals surface area contributed by atoms with Gasteiger partial charge in [-0.2, -0.15) is 0 Å². The molecule has 0 spiro atoms. The van der Waals surface area contributed by atoms with Gasteiger partial charge in [0.15, 0.2) is 24.6 Å². The minimum atomic E-state index is -1.90. The third kappa shape index (κ3) is 38.0. The summed E-state index contributed by atoms with van der Waals surface area (Å²) in [6, 6.07) is 0. The Balaban J connectivity index is 2.66. The molecule has 1 aliphatic rings. The van der Waals surface area contributed by atoms with E-state index < -0.39 is 67.3 Å². The summed E-state index contributed by atoms with van der Waals surface area (Å²) in [6.45, 7) is 5.84. The molecule has 0 bridgehead atoms. The molecule has 0 aromatic rings. The Labute approximate surface area is 431 Å². The van der Waals surface area contributed by atoms with Gasteiger partial charge in [-0.1, -0.05) is 204 Å². The molecule has 0 radical (unpaired) electrons. The standard InChI is InChI=1S/C59H102O12/c1-4-7-10-13-16-19-21-23-25-26-28-30-32-35-38-41-44-47-53(62)70-57-55(64)54(63)56(58(65)66)71-59(57)68-49-50(69-52(61)46-43-40-37-33-18-15-12-9-6-3)48-67-51(60)45-42-39-36-34-31-29-27-24-22-20-17-14-11-8-5-2/h8,11,17,20,23-25,27,50,54-57,59,63-64H,4-7,9-10,12-16,18-19,21-22,26,28-49H2,1-3H3,(H,65,66)/b11-8-,20-17-,25-23-,27-24-. The predicted octanol–water partition coefficient (Wildman–Crippen LogP) is 14.2. The highest BCUT2D eigenvalue weighted by molar-refractivity contribution is 5.74. The van der Waals surface area contributed by atoms with Crippen LogP contribution in [0.3, 0.4) is 0 Å². The molecule has 1 fully saturated rings. The second-order valence-electron chi connectivity index (χ2n) is 19.5. The summed E-state index contributed by atoms with van der Waals surface area (Å²) in [5, 5.41) is 31.4. The Bertz CT molecular complexity index is 1420. The molecule has 0 amide bonds. The fourth-order valence-electron chi connectivity index (χ4n) is 8.49. The summed E-state index contributed by atoms with van der Waals surface area (Å²) < 4.78 is 28.3. The van der Waals surface area contributed by atoms with Crippen LogP contribution in [0.25, 0.3) is 0 Å². The molecular formula is C59H102O12. The van der Waals surface area contributed by atoms with Gasteiger partial charge in [0.05, 0.1) is 6.61 Å². The molecule has 410 valence electrons. The number of hydrogen-bond donors (Lipinski definition) is 3. The van der Waals surface area contributed by atoms with Gasteiger partial charge in [-0.05, 0) is 77.0 Å². The van der Waals surface area contributed by atoms with Gasteiger partial charge in [0, 0.05) is 19.3 Å². The van der Waals surface area contributed by atoms with Crippen LogP contribution >= 0.6 is 0 Å². The molecule has 12 heteroatoms. The molecule has 1 rings (SSSR count). The topological polar surface area (TPSA) is 175 Å². The highest BCUT2D eigenvalue weighted by Gasteiger charge is 2.50. The maximum absolute atomic E-state index is 13.0. The number of aliphatic hydroxyl groups is 2. The van der Waals surface area contributed by atoms with Gasteiger partial charge in [-0.15, -0.1) is 0 Å².